The van der Waals surface area contributed by atoms with Crippen LogP contribution in [0.15, 0.2) is 121 Å². The Labute approximate surface area is 390 Å². The number of aromatic nitrogens is 2. The van der Waals surface area contributed by atoms with Crippen molar-refractivity contribution in [2.24, 2.45) is 11.3 Å². The minimum absolute atomic E-state index is 0.00931. The molecule has 5 atom stereocenters. The van der Waals surface area contributed by atoms with Gasteiger partial charge in [0.2, 0.25) is 5.75 Å². The summed E-state index contributed by atoms with van der Waals surface area (Å²) < 4.78 is 13.3. The maximum absolute atomic E-state index is 14.6. The van der Waals surface area contributed by atoms with Crippen molar-refractivity contribution in [3.8, 4) is 23.0 Å². The molecule has 13 heteroatoms. The number of nitrogens with zero attached hydrogens (tertiary/aromatic N) is 2. The van der Waals surface area contributed by atoms with Gasteiger partial charge in [0.25, 0.3) is 0 Å². The van der Waals surface area contributed by atoms with E-state index < -0.39 is 29.6 Å². The van der Waals surface area contributed by atoms with Crippen LogP contribution < -0.4 is 15.0 Å². The number of phenolic OH excluding ortho intramolecular Hbond substituents is 3. The first-order valence-electron chi connectivity index (χ1n) is 23.0. The maximum Gasteiger partial charge on any atom is 0.302 e. The van der Waals surface area contributed by atoms with Gasteiger partial charge in [-0.1, -0.05) is 55.5 Å². The molecule has 350 valence electrons. The number of H-pyrrole nitrogens is 1. The number of dihydropyridines is 1. The Morgan fingerprint density at radius 3 is 2.49 bits per heavy atom. The van der Waals surface area contributed by atoms with E-state index in [0.29, 0.717) is 55.3 Å². The fourth-order valence-electron chi connectivity index (χ4n) is 10.2. The predicted octanol–water partition coefficient (Wildman–Crippen LogP) is 8.73. The standard InChI is InChI=1S/C54H60N4O9/c1-33-8-5-6-16-54(33)17-13-44(67-35(3)61)25-43(63)26-49(39-22-50(64)53(65)51(23-39)66-4)57-30-46-38(32-59)11-12-48(47(46)31-57)58(19-15-34(2)60)52-24-37(14-18-56-52)45(36-9-7-10-42(62)20-36)21-40-28-55-29-41(40)27-54/h5-12,14,16,20,22-24,28-31,33,44-45,49,55-56,59,62,64-65H,13,15,17-19,21,25-27,32H2,1-4H3/t33-,44+,45-,49-,54-/m0/s1. The van der Waals surface area contributed by atoms with Crippen molar-refractivity contribution in [2.45, 2.75) is 90.4 Å². The van der Waals surface area contributed by atoms with Crippen molar-refractivity contribution >= 4 is 34.0 Å². The molecule has 2 aliphatic heterocycles. The summed E-state index contributed by atoms with van der Waals surface area (Å²) in [5, 5.41) is 48.2. The first kappa shape index (κ1) is 46.5. The Morgan fingerprint density at radius 1 is 0.940 bits per heavy atom. The van der Waals surface area contributed by atoms with Crippen LogP contribution in [0.2, 0.25) is 0 Å². The van der Waals surface area contributed by atoms with Crippen molar-refractivity contribution in [2.75, 3.05) is 25.1 Å². The van der Waals surface area contributed by atoms with Crippen molar-refractivity contribution in [3.63, 3.8) is 0 Å². The Balaban J connectivity index is 1.34. The second-order valence-corrected chi connectivity index (χ2v) is 18.3. The number of ketones is 2. The number of ether oxygens (including phenoxy) is 2. The van der Waals surface area contributed by atoms with E-state index in [9.17, 15) is 34.8 Å². The monoisotopic (exact) mass is 908 g/mol. The number of aromatic amines is 1. The van der Waals surface area contributed by atoms with E-state index >= 15 is 0 Å². The average molecular weight is 909 g/mol. The largest absolute Gasteiger partial charge is 0.508 e. The molecule has 0 saturated carbocycles. The van der Waals surface area contributed by atoms with Gasteiger partial charge in [-0.2, -0.15) is 0 Å². The molecule has 2 aromatic heterocycles. The van der Waals surface area contributed by atoms with Crippen LogP contribution in [0.1, 0.15) is 92.7 Å². The fraction of sp³-hybridized carbons (Fsp3) is 0.352. The third-order valence-corrected chi connectivity index (χ3v) is 13.8. The predicted molar refractivity (Wildman–Crippen MR) is 257 cm³/mol. The number of aliphatic hydroxyl groups excluding tert-OH is 1. The number of anilines is 1. The van der Waals surface area contributed by atoms with E-state index in [0.717, 1.165) is 39.2 Å². The number of aromatic hydroxyl groups is 3. The normalized spacial score (nSPS) is 22.4. The Morgan fingerprint density at radius 2 is 1.75 bits per heavy atom. The molecule has 0 fully saturated rings. The van der Waals surface area contributed by atoms with Gasteiger partial charge < -0.3 is 49.7 Å². The van der Waals surface area contributed by atoms with Crippen molar-refractivity contribution < 1.29 is 44.3 Å². The average Bonchev–Trinajstić information content (AvgIpc) is 3.95. The van der Waals surface area contributed by atoms with Crippen LogP contribution >= 0.6 is 0 Å². The summed E-state index contributed by atoms with van der Waals surface area (Å²) in [5.41, 5.74) is 5.69. The molecule has 1 aliphatic carbocycles. The molecule has 0 radical (unpaired) electrons. The molecule has 4 heterocycles. The van der Waals surface area contributed by atoms with Crippen LogP contribution in [-0.2, 0) is 38.6 Å². The summed E-state index contributed by atoms with van der Waals surface area (Å²) >= 11 is 0. The van der Waals surface area contributed by atoms with E-state index in [1.54, 1.807) is 19.1 Å². The number of phenols is 3. The first-order chi connectivity index (χ1) is 32.2. The number of esters is 1. The maximum atomic E-state index is 14.6. The highest BCUT2D eigenvalue weighted by Crippen LogP contribution is 2.45. The number of carbonyl (C=O) groups is 3. The quantitative estimate of drug-likeness (QED) is 0.0646. The summed E-state index contributed by atoms with van der Waals surface area (Å²) in [6, 6.07) is 13.4. The van der Waals surface area contributed by atoms with Gasteiger partial charge in [0.05, 0.1) is 25.4 Å². The Bertz CT molecular complexity index is 2790. The van der Waals surface area contributed by atoms with Gasteiger partial charge in [0, 0.05) is 80.8 Å². The summed E-state index contributed by atoms with van der Waals surface area (Å²) in [6.07, 6.45) is 22.4. The summed E-state index contributed by atoms with van der Waals surface area (Å²) in [6.45, 7) is 5.65. The van der Waals surface area contributed by atoms with Gasteiger partial charge in [0.15, 0.2) is 11.5 Å². The fourth-order valence-corrected chi connectivity index (χ4v) is 10.2. The van der Waals surface area contributed by atoms with Crippen molar-refractivity contribution in [1.82, 2.24) is 14.9 Å². The summed E-state index contributed by atoms with van der Waals surface area (Å²) in [5.74, 6) is -0.662. The molecule has 0 unspecified atom stereocenters. The third kappa shape index (κ3) is 10.1. The highest BCUT2D eigenvalue weighted by atomic mass is 16.5. The zero-order valence-electron chi connectivity index (χ0n) is 38.5. The number of Topliss-reactive ketones (excluding diaryl/α,β-unsaturated/α-hetero) is 2. The molecule has 3 aromatic carbocycles. The lowest BCUT2D eigenvalue weighted by atomic mass is 9.66. The molecule has 3 aliphatic rings. The molecule has 1 spiro atoms. The smallest absolute Gasteiger partial charge is 0.302 e. The molecule has 5 aromatic rings. The van der Waals surface area contributed by atoms with Gasteiger partial charge in [-0.05, 0) is 114 Å². The molecule has 13 nitrogen and oxygen atoms in total. The minimum atomic E-state index is -0.758. The van der Waals surface area contributed by atoms with Crippen LogP contribution in [0.3, 0.4) is 0 Å². The van der Waals surface area contributed by atoms with Gasteiger partial charge >= 0.3 is 5.97 Å². The second-order valence-electron chi connectivity index (χ2n) is 18.3. The summed E-state index contributed by atoms with van der Waals surface area (Å²) in [7, 11) is 1.38. The molecular weight excluding hydrogens is 849 g/mol. The zero-order chi connectivity index (χ0) is 47.4. The van der Waals surface area contributed by atoms with E-state index in [4.69, 9.17) is 9.47 Å². The van der Waals surface area contributed by atoms with Crippen LogP contribution in [0, 0.1) is 11.3 Å². The SMILES string of the molecule is COc1cc([C@@H]2CC(=O)C[C@H](OC(C)=O)CC[C@@]3(C=CC=C[C@@H]3C)Cc3c[nH]cc3C[C@@H](c3cccc(O)c3)C3=CCNC(=C3)N(CCC(C)=O)c3ccc(CO)c4cn2cc34)cc(O)c1O. The van der Waals surface area contributed by atoms with Gasteiger partial charge in [-0.3, -0.25) is 14.4 Å². The lowest BCUT2D eigenvalue weighted by molar-refractivity contribution is -0.148. The molecule has 0 amide bonds. The lowest BCUT2D eigenvalue weighted by Gasteiger charge is -2.38. The number of carbonyl (C=O) groups excluding carboxylic acids is 3. The Kier molecular flexibility index (Phi) is 13.8. The van der Waals surface area contributed by atoms with E-state index in [-0.39, 0.29) is 66.2 Å². The molecule has 67 heavy (non-hydrogen) atoms. The number of fused-ring (bicyclic) bond motifs is 3. The number of nitrogens with one attached hydrogen (secondary N) is 2. The molecular formula is C54H60N4O9. The number of rotatable bonds is 8. The molecule has 4 bridgehead atoms. The third-order valence-electron chi connectivity index (χ3n) is 13.8. The number of aliphatic hydroxyl groups is 1. The van der Waals surface area contributed by atoms with Gasteiger partial charge in [-0.25, -0.2) is 0 Å². The van der Waals surface area contributed by atoms with Gasteiger partial charge in [-0.15, -0.1) is 0 Å². The van der Waals surface area contributed by atoms with Crippen LogP contribution in [0.4, 0.5) is 5.69 Å². The van der Waals surface area contributed by atoms with Crippen LogP contribution in [0.25, 0.3) is 10.8 Å². The van der Waals surface area contributed by atoms with Crippen molar-refractivity contribution in [1.29, 1.82) is 0 Å². The van der Waals surface area contributed by atoms with Crippen LogP contribution in [0.5, 0.6) is 23.0 Å². The first-order valence-corrected chi connectivity index (χ1v) is 23.0. The number of benzene rings is 3. The number of hydrogen-bond donors (Lipinski definition) is 6. The molecule has 0 saturated heterocycles. The van der Waals surface area contributed by atoms with E-state index in [2.05, 4.69) is 71.0 Å². The number of allylic oxidation sites excluding steroid dienone is 6. The van der Waals surface area contributed by atoms with Gasteiger partial charge in [0.1, 0.15) is 29.2 Å². The minimum Gasteiger partial charge on any atom is -0.508 e. The Hall–Kier alpha value is -6.99. The second kappa shape index (κ2) is 19.9. The number of methoxy groups -OCH3 is 1. The van der Waals surface area contributed by atoms with Crippen molar-refractivity contribution in [3.05, 3.63) is 149 Å². The lowest BCUT2D eigenvalue weighted by Crippen LogP contribution is -2.35. The van der Waals surface area contributed by atoms with E-state index in [1.807, 2.05) is 47.3 Å². The zero-order valence-corrected chi connectivity index (χ0v) is 38.5. The van der Waals surface area contributed by atoms with E-state index in [1.165, 1.54) is 20.1 Å². The summed E-state index contributed by atoms with van der Waals surface area (Å²) in [4.78, 5) is 45.5. The molecule has 8 rings (SSSR count). The molecule has 6 N–H and O–H groups in total. The van der Waals surface area contributed by atoms with Crippen LogP contribution in [-0.4, -0.2) is 73.8 Å². The number of hydrogen-bond acceptors (Lipinski definition) is 11. The topological polar surface area (TPSA) is 187 Å². The highest BCUT2D eigenvalue weighted by Gasteiger charge is 2.37. The highest BCUT2D eigenvalue weighted by molar-refractivity contribution is 5.97.